The molecule has 0 bridgehead atoms. The second-order valence-corrected chi connectivity index (χ2v) is 7.99. The minimum atomic E-state index is 0.303. The quantitative estimate of drug-likeness (QED) is 0.205. The number of hydrogen-bond donors (Lipinski definition) is 0. The fourth-order valence-electron chi connectivity index (χ4n) is 3.72. The number of unbranched alkanes of at least 4 members (excludes halogenated alkanes) is 3. The molecular weight excluding hydrogens is 296 g/mol. The van der Waals surface area contributed by atoms with Gasteiger partial charge in [-0.25, -0.2) is 0 Å². The first-order valence-corrected chi connectivity index (χ1v) is 9.90. The summed E-state index contributed by atoms with van der Waals surface area (Å²) >= 11 is 0. The van der Waals surface area contributed by atoms with Gasteiger partial charge in [0.1, 0.15) is 0 Å². The molecule has 0 amide bonds. The van der Waals surface area contributed by atoms with E-state index in [-0.39, 0.29) is 0 Å². The zero-order chi connectivity index (χ0) is 18.3. The fourth-order valence-corrected chi connectivity index (χ4v) is 3.72. The van der Waals surface area contributed by atoms with Gasteiger partial charge in [0.2, 0.25) is 0 Å². The standard InChI is InChI=1S/C22H42O2/c1-7-15-21(5,19-23-9-3)17-13-11-12-14-18-22(6,16-8-2)20-24-10-4/h9-10H,3-4,7-8,11-20H2,1-2,5-6H3. The summed E-state index contributed by atoms with van der Waals surface area (Å²) in [6.45, 7) is 18.2. The average molecular weight is 339 g/mol. The van der Waals surface area contributed by atoms with Gasteiger partial charge in [-0.15, -0.1) is 0 Å². The molecule has 0 aliphatic carbocycles. The van der Waals surface area contributed by atoms with Gasteiger partial charge in [-0.1, -0.05) is 79.4 Å². The Morgan fingerprint density at radius 1 is 0.667 bits per heavy atom. The third-order valence-electron chi connectivity index (χ3n) is 5.12. The molecule has 0 saturated heterocycles. The van der Waals surface area contributed by atoms with Crippen LogP contribution in [0.25, 0.3) is 0 Å². The Hall–Kier alpha value is -0.920. The zero-order valence-corrected chi connectivity index (χ0v) is 16.9. The van der Waals surface area contributed by atoms with Gasteiger partial charge in [0.25, 0.3) is 0 Å². The first-order valence-electron chi connectivity index (χ1n) is 9.90. The second kappa shape index (κ2) is 13.4. The maximum atomic E-state index is 5.48. The molecule has 0 rings (SSSR count). The SMILES string of the molecule is C=COCC(C)(CCC)CCCCCCC(C)(CCC)COC=C. The van der Waals surface area contributed by atoms with Crippen LogP contribution in [-0.2, 0) is 9.47 Å². The predicted molar refractivity (Wildman–Crippen MR) is 106 cm³/mol. The van der Waals surface area contributed by atoms with E-state index < -0.39 is 0 Å². The maximum Gasteiger partial charge on any atom is 0.0926 e. The summed E-state index contributed by atoms with van der Waals surface area (Å²) in [5.41, 5.74) is 0.606. The van der Waals surface area contributed by atoms with E-state index in [0.717, 1.165) is 13.2 Å². The molecule has 0 saturated carbocycles. The molecular formula is C22H42O2. The van der Waals surface area contributed by atoms with Crippen molar-refractivity contribution in [1.29, 1.82) is 0 Å². The molecule has 24 heavy (non-hydrogen) atoms. The summed E-state index contributed by atoms with van der Waals surface area (Å²) in [6, 6.07) is 0. The topological polar surface area (TPSA) is 18.5 Å². The van der Waals surface area contributed by atoms with Crippen molar-refractivity contribution in [3.8, 4) is 0 Å². The molecule has 0 aromatic rings. The summed E-state index contributed by atoms with van der Waals surface area (Å²) in [7, 11) is 0. The second-order valence-electron chi connectivity index (χ2n) is 7.99. The summed E-state index contributed by atoms with van der Waals surface area (Å²) < 4.78 is 11.0. The van der Waals surface area contributed by atoms with Crippen LogP contribution in [0, 0.1) is 10.8 Å². The van der Waals surface area contributed by atoms with Gasteiger partial charge in [0.15, 0.2) is 0 Å². The van der Waals surface area contributed by atoms with Crippen molar-refractivity contribution in [1.82, 2.24) is 0 Å². The van der Waals surface area contributed by atoms with Crippen molar-refractivity contribution < 1.29 is 9.47 Å². The van der Waals surface area contributed by atoms with E-state index >= 15 is 0 Å². The smallest absolute Gasteiger partial charge is 0.0926 e. The van der Waals surface area contributed by atoms with E-state index in [4.69, 9.17) is 9.47 Å². The Kier molecular flexibility index (Phi) is 12.9. The van der Waals surface area contributed by atoms with E-state index in [1.165, 1.54) is 64.2 Å². The van der Waals surface area contributed by atoms with Crippen LogP contribution in [-0.4, -0.2) is 13.2 Å². The van der Waals surface area contributed by atoms with Gasteiger partial charge >= 0.3 is 0 Å². The maximum absolute atomic E-state index is 5.48. The number of ether oxygens (including phenoxy) is 2. The van der Waals surface area contributed by atoms with Gasteiger partial charge in [0, 0.05) is 10.8 Å². The van der Waals surface area contributed by atoms with Crippen LogP contribution in [0.4, 0.5) is 0 Å². The lowest BCUT2D eigenvalue weighted by atomic mass is 9.80. The Bertz CT molecular complexity index is 294. The van der Waals surface area contributed by atoms with Crippen molar-refractivity contribution in [2.24, 2.45) is 10.8 Å². The molecule has 0 aliphatic heterocycles. The summed E-state index contributed by atoms with van der Waals surface area (Å²) in [5, 5.41) is 0. The highest BCUT2D eigenvalue weighted by Crippen LogP contribution is 2.33. The predicted octanol–water partition coefficient (Wildman–Crippen LogP) is 7.26. The molecule has 142 valence electrons. The van der Waals surface area contributed by atoms with Crippen LogP contribution in [0.3, 0.4) is 0 Å². The van der Waals surface area contributed by atoms with Crippen LogP contribution < -0.4 is 0 Å². The highest BCUT2D eigenvalue weighted by atomic mass is 16.5. The highest BCUT2D eigenvalue weighted by molar-refractivity contribution is 4.76. The highest BCUT2D eigenvalue weighted by Gasteiger charge is 2.24. The van der Waals surface area contributed by atoms with E-state index in [0.29, 0.717) is 10.8 Å². The van der Waals surface area contributed by atoms with Crippen molar-refractivity contribution in [2.75, 3.05) is 13.2 Å². The first-order chi connectivity index (χ1) is 11.4. The lowest BCUT2D eigenvalue weighted by Crippen LogP contribution is -2.22. The Morgan fingerprint density at radius 2 is 1.04 bits per heavy atom. The van der Waals surface area contributed by atoms with Crippen LogP contribution in [0.5, 0.6) is 0 Å². The first kappa shape index (κ1) is 23.1. The van der Waals surface area contributed by atoms with Crippen molar-refractivity contribution in [3.63, 3.8) is 0 Å². The van der Waals surface area contributed by atoms with Crippen LogP contribution in [0.2, 0.25) is 0 Å². The molecule has 0 spiro atoms. The monoisotopic (exact) mass is 338 g/mol. The average Bonchev–Trinajstić information content (AvgIpc) is 2.55. The zero-order valence-electron chi connectivity index (χ0n) is 16.9. The normalized spacial score (nSPS) is 16.0. The lowest BCUT2D eigenvalue weighted by Gasteiger charge is -2.29. The molecule has 2 nitrogen and oxygen atoms in total. The number of hydrogen-bond acceptors (Lipinski definition) is 2. The van der Waals surface area contributed by atoms with Gasteiger partial charge in [-0.3, -0.25) is 0 Å². The minimum absolute atomic E-state index is 0.303. The van der Waals surface area contributed by atoms with Gasteiger partial charge in [0.05, 0.1) is 25.7 Å². The molecule has 0 aliphatic rings. The van der Waals surface area contributed by atoms with Gasteiger partial charge in [-0.05, 0) is 25.7 Å². The molecule has 0 radical (unpaired) electrons. The van der Waals surface area contributed by atoms with E-state index in [1.807, 2.05) is 0 Å². The van der Waals surface area contributed by atoms with E-state index in [2.05, 4.69) is 40.9 Å². The van der Waals surface area contributed by atoms with Gasteiger partial charge in [-0.2, -0.15) is 0 Å². The Morgan fingerprint density at radius 3 is 1.33 bits per heavy atom. The van der Waals surface area contributed by atoms with Crippen molar-refractivity contribution in [3.05, 3.63) is 25.7 Å². The van der Waals surface area contributed by atoms with Crippen LogP contribution >= 0.6 is 0 Å². The largest absolute Gasteiger partial charge is 0.501 e. The summed E-state index contributed by atoms with van der Waals surface area (Å²) in [4.78, 5) is 0. The van der Waals surface area contributed by atoms with Crippen LogP contribution in [0.15, 0.2) is 25.7 Å². The summed E-state index contributed by atoms with van der Waals surface area (Å²) in [5.74, 6) is 0. The summed E-state index contributed by atoms with van der Waals surface area (Å²) in [6.07, 6.45) is 15.8. The minimum Gasteiger partial charge on any atom is -0.501 e. The van der Waals surface area contributed by atoms with Crippen molar-refractivity contribution >= 4 is 0 Å². The van der Waals surface area contributed by atoms with E-state index in [9.17, 15) is 0 Å². The molecule has 0 heterocycles. The number of rotatable bonds is 17. The Balaban J connectivity index is 4.04. The lowest BCUT2D eigenvalue weighted by molar-refractivity contribution is 0.0989. The van der Waals surface area contributed by atoms with Crippen molar-refractivity contribution in [2.45, 2.75) is 91.9 Å². The fraction of sp³-hybridized carbons (Fsp3) is 0.818. The molecule has 0 fully saturated rings. The molecule has 2 atom stereocenters. The molecule has 2 heteroatoms. The van der Waals surface area contributed by atoms with Gasteiger partial charge < -0.3 is 9.47 Å². The van der Waals surface area contributed by atoms with E-state index in [1.54, 1.807) is 12.5 Å². The third kappa shape index (κ3) is 10.8. The molecule has 2 unspecified atom stereocenters. The third-order valence-corrected chi connectivity index (χ3v) is 5.12. The Labute approximate surface area is 151 Å². The van der Waals surface area contributed by atoms with Crippen LogP contribution in [0.1, 0.15) is 91.9 Å². The molecule has 0 aromatic carbocycles. The molecule has 0 N–H and O–H groups in total. The molecule has 0 aromatic heterocycles.